The van der Waals surface area contributed by atoms with Crippen molar-refractivity contribution in [1.82, 2.24) is 20.2 Å². The number of halogens is 2. The second-order valence-electron chi connectivity index (χ2n) is 8.40. The number of rotatable bonds is 2. The largest absolute Gasteiger partial charge is 0.245 e. The van der Waals surface area contributed by atoms with Gasteiger partial charge in [0, 0.05) is 6.20 Å². The van der Waals surface area contributed by atoms with Gasteiger partial charge in [-0.2, -0.15) is 5.10 Å². The van der Waals surface area contributed by atoms with Crippen LogP contribution in [0, 0.1) is 24.0 Å². The van der Waals surface area contributed by atoms with Gasteiger partial charge in [0.2, 0.25) is 0 Å². The van der Waals surface area contributed by atoms with Crippen LogP contribution >= 0.6 is 0 Å². The van der Waals surface area contributed by atoms with Gasteiger partial charge < -0.3 is 0 Å². The first-order valence-corrected chi connectivity index (χ1v) is 9.47. The molecule has 1 fully saturated rings. The van der Waals surface area contributed by atoms with Crippen molar-refractivity contribution < 1.29 is 8.78 Å². The van der Waals surface area contributed by atoms with Gasteiger partial charge in [0.05, 0.1) is 28.1 Å². The average molecular weight is 378 g/mol. The second-order valence-corrected chi connectivity index (χ2v) is 8.40. The summed E-state index contributed by atoms with van der Waals surface area (Å²) in [6.45, 7) is 6.48. The molecule has 0 N–H and O–H groups in total. The molecular weight excluding hydrogens is 358 g/mol. The first-order valence-electron chi connectivity index (χ1n) is 9.47. The van der Waals surface area contributed by atoms with E-state index in [1.807, 2.05) is 19.2 Å². The van der Waals surface area contributed by atoms with E-state index >= 15 is 0 Å². The smallest absolute Gasteiger partial charge is 0.135 e. The van der Waals surface area contributed by atoms with Crippen molar-refractivity contribution in [3.8, 4) is 11.3 Å². The van der Waals surface area contributed by atoms with E-state index in [2.05, 4.69) is 34.0 Å². The molecule has 5 rings (SSSR count). The van der Waals surface area contributed by atoms with Crippen LogP contribution in [0.5, 0.6) is 0 Å². The molecule has 6 heteroatoms. The molecule has 0 aliphatic heterocycles. The van der Waals surface area contributed by atoms with Crippen LogP contribution in [0.4, 0.5) is 8.78 Å². The molecule has 28 heavy (non-hydrogen) atoms. The molecule has 1 saturated carbocycles. The highest BCUT2D eigenvalue weighted by atomic mass is 19.1. The van der Waals surface area contributed by atoms with Crippen molar-refractivity contribution in [2.24, 2.45) is 5.41 Å². The Kier molecular flexibility index (Phi) is 3.49. The summed E-state index contributed by atoms with van der Waals surface area (Å²) in [6, 6.07) is 5.67. The molecule has 2 bridgehead atoms. The number of aryl methyl sites for hydroxylation is 1. The number of hydrogen-bond acceptors (Lipinski definition) is 4. The molecule has 0 unspecified atom stereocenters. The lowest BCUT2D eigenvalue weighted by Gasteiger charge is -2.38. The fraction of sp³-hybridized carbons (Fsp3) is 0.364. The normalized spacial score (nSPS) is 24.4. The third-order valence-electron chi connectivity index (χ3n) is 6.90. The van der Waals surface area contributed by atoms with Crippen LogP contribution in [0.15, 0.2) is 36.8 Å². The molecule has 2 heterocycles. The Morgan fingerprint density at radius 1 is 1.07 bits per heavy atom. The van der Waals surface area contributed by atoms with E-state index in [4.69, 9.17) is 0 Å². The number of hydrogen-bond donors (Lipinski definition) is 0. The fourth-order valence-corrected chi connectivity index (χ4v) is 5.56. The first kappa shape index (κ1) is 17.3. The van der Waals surface area contributed by atoms with Crippen LogP contribution in [-0.4, -0.2) is 20.2 Å². The average Bonchev–Trinajstić information content (AvgIpc) is 3.03. The molecule has 142 valence electrons. The van der Waals surface area contributed by atoms with E-state index < -0.39 is 11.6 Å². The third-order valence-corrected chi connectivity index (χ3v) is 6.90. The summed E-state index contributed by atoms with van der Waals surface area (Å²) in [6.07, 6.45) is 5.32. The van der Waals surface area contributed by atoms with Gasteiger partial charge in [0.15, 0.2) is 0 Å². The highest BCUT2D eigenvalue weighted by Crippen LogP contribution is 2.69. The van der Waals surface area contributed by atoms with E-state index in [0.717, 1.165) is 35.4 Å². The molecule has 0 radical (unpaired) electrons. The molecule has 2 aromatic heterocycles. The number of aromatic nitrogens is 4. The summed E-state index contributed by atoms with van der Waals surface area (Å²) in [5.41, 5.74) is 3.55. The summed E-state index contributed by atoms with van der Waals surface area (Å²) in [5, 5.41) is 8.80. The summed E-state index contributed by atoms with van der Waals surface area (Å²) in [4.78, 5) is 8.78. The van der Waals surface area contributed by atoms with Crippen LogP contribution in [0.3, 0.4) is 0 Å². The third kappa shape index (κ3) is 1.98. The van der Waals surface area contributed by atoms with Gasteiger partial charge in [-0.15, -0.1) is 5.10 Å². The molecular formula is C22H20F2N4. The zero-order valence-electron chi connectivity index (χ0n) is 16.0. The van der Waals surface area contributed by atoms with Gasteiger partial charge >= 0.3 is 0 Å². The van der Waals surface area contributed by atoms with Crippen molar-refractivity contribution >= 4 is 0 Å². The van der Waals surface area contributed by atoms with Gasteiger partial charge in [0.1, 0.15) is 18.0 Å². The highest BCUT2D eigenvalue weighted by molar-refractivity contribution is 5.64. The van der Waals surface area contributed by atoms with Gasteiger partial charge in [-0.05, 0) is 60.4 Å². The van der Waals surface area contributed by atoms with E-state index in [-0.39, 0.29) is 28.0 Å². The van der Waals surface area contributed by atoms with Crippen molar-refractivity contribution in [3.05, 3.63) is 70.9 Å². The number of benzene rings is 1. The zero-order chi connectivity index (χ0) is 19.7. The van der Waals surface area contributed by atoms with Gasteiger partial charge in [0.25, 0.3) is 0 Å². The molecule has 1 aromatic carbocycles. The van der Waals surface area contributed by atoms with Crippen molar-refractivity contribution in [1.29, 1.82) is 0 Å². The predicted octanol–water partition coefficient (Wildman–Crippen LogP) is 4.72. The second kappa shape index (κ2) is 5.63. The standard InChI is InChI=1S/C22H20F2N4/c1-12-10-25-11-26-19(12)22-8-7-14(21(22,2)3)13-9-17(27-28-20(13)22)18-15(23)5-4-6-16(18)24/h4-6,9-11,14H,7-8H2,1-3H3/t14-,22+/m0/s1. The minimum atomic E-state index is -0.627. The SMILES string of the molecule is Cc1cncnc1[C@]12CC[C@@H](c3cc(-c4c(F)cccc4F)nnc31)C2(C)C. The Morgan fingerprint density at radius 3 is 2.54 bits per heavy atom. The topological polar surface area (TPSA) is 51.6 Å². The summed E-state index contributed by atoms with van der Waals surface area (Å²) in [5.74, 6) is -1.02. The van der Waals surface area contributed by atoms with E-state index in [0.29, 0.717) is 0 Å². The Hall–Kier alpha value is -2.76. The van der Waals surface area contributed by atoms with Gasteiger partial charge in [-0.3, -0.25) is 0 Å². The minimum absolute atomic E-state index is 0.120. The van der Waals surface area contributed by atoms with Gasteiger partial charge in [-0.1, -0.05) is 19.9 Å². The summed E-state index contributed by atoms with van der Waals surface area (Å²) in [7, 11) is 0. The summed E-state index contributed by atoms with van der Waals surface area (Å²) < 4.78 is 28.6. The quantitative estimate of drug-likeness (QED) is 0.647. The van der Waals surface area contributed by atoms with E-state index in [1.54, 1.807) is 6.33 Å². The Morgan fingerprint density at radius 2 is 1.82 bits per heavy atom. The summed E-state index contributed by atoms with van der Waals surface area (Å²) >= 11 is 0. The molecule has 0 spiro atoms. The molecule has 4 nitrogen and oxygen atoms in total. The Labute approximate surface area is 162 Å². The lowest BCUT2D eigenvalue weighted by molar-refractivity contribution is 0.241. The Bertz CT molecular complexity index is 1090. The lowest BCUT2D eigenvalue weighted by atomic mass is 9.65. The first-order chi connectivity index (χ1) is 13.4. The maximum absolute atomic E-state index is 14.3. The van der Waals surface area contributed by atoms with Crippen LogP contribution in [-0.2, 0) is 5.41 Å². The van der Waals surface area contributed by atoms with Crippen LogP contribution < -0.4 is 0 Å². The minimum Gasteiger partial charge on any atom is -0.245 e. The van der Waals surface area contributed by atoms with E-state index in [9.17, 15) is 8.78 Å². The van der Waals surface area contributed by atoms with Crippen LogP contribution in [0.1, 0.15) is 55.1 Å². The monoisotopic (exact) mass is 378 g/mol. The number of nitrogens with zero attached hydrogens (tertiary/aromatic N) is 4. The zero-order valence-corrected chi connectivity index (χ0v) is 16.0. The van der Waals surface area contributed by atoms with Crippen molar-refractivity contribution in [3.63, 3.8) is 0 Å². The van der Waals surface area contributed by atoms with E-state index in [1.165, 1.54) is 18.2 Å². The molecule has 2 aliphatic carbocycles. The lowest BCUT2D eigenvalue weighted by Crippen LogP contribution is -2.38. The molecule has 3 aromatic rings. The molecule has 0 amide bonds. The van der Waals surface area contributed by atoms with Crippen molar-refractivity contribution in [2.75, 3.05) is 0 Å². The molecule has 0 saturated heterocycles. The maximum Gasteiger partial charge on any atom is 0.135 e. The van der Waals surface area contributed by atoms with Crippen molar-refractivity contribution in [2.45, 2.75) is 44.9 Å². The Balaban J connectivity index is 1.75. The predicted molar refractivity (Wildman–Crippen MR) is 101 cm³/mol. The van der Waals surface area contributed by atoms with Crippen LogP contribution in [0.2, 0.25) is 0 Å². The van der Waals surface area contributed by atoms with Crippen LogP contribution in [0.25, 0.3) is 11.3 Å². The maximum atomic E-state index is 14.3. The van der Waals surface area contributed by atoms with Gasteiger partial charge in [-0.25, -0.2) is 18.7 Å². The highest BCUT2D eigenvalue weighted by Gasteiger charge is 2.65. The fourth-order valence-electron chi connectivity index (χ4n) is 5.56. The number of fused-ring (bicyclic) bond motifs is 5. The molecule has 2 atom stereocenters. The molecule has 2 aliphatic rings.